The van der Waals surface area contributed by atoms with Gasteiger partial charge in [0.25, 0.3) is 0 Å². The van der Waals surface area contributed by atoms with Gasteiger partial charge in [0.1, 0.15) is 43.0 Å². The van der Waals surface area contributed by atoms with E-state index in [9.17, 15) is 4.55 Å². The van der Waals surface area contributed by atoms with Crippen LogP contribution in [-0.2, 0) is 33.4 Å². The Labute approximate surface area is 277 Å². The van der Waals surface area contributed by atoms with Crippen molar-refractivity contribution >= 4 is 47.2 Å². The molecule has 3 rings (SSSR count). The van der Waals surface area contributed by atoms with E-state index in [0.29, 0.717) is 46.4 Å². The van der Waals surface area contributed by atoms with Gasteiger partial charge in [-0.05, 0) is 71.5 Å². The highest BCUT2D eigenvalue weighted by Gasteiger charge is 2.43. The summed E-state index contributed by atoms with van der Waals surface area (Å²) in [5, 5.41) is 0. The van der Waals surface area contributed by atoms with Crippen LogP contribution in [0.25, 0.3) is 0 Å². The summed E-state index contributed by atoms with van der Waals surface area (Å²) in [4.78, 5) is 5.32. The number of benzene rings is 1. The van der Waals surface area contributed by atoms with Crippen molar-refractivity contribution in [1.29, 1.82) is 0 Å². The van der Waals surface area contributed by atoms with Crippen molar-refractivity contribution in [1.82, 2.24) is 14.0 Å². The number of hydrogen-bond acceptors (Lipinski definition) is 7. The fraction of sp³-hybridized carbons (Fsp3) is 0.645. The minimum atomic E-state index is -3.11. The van der Waals surface area contributed by atoms with Crippen LogP contribution in [0.15, 0.2) is 38.1 Å². The van der Waals surface area contributed by atoms with Gasteiger partial charge in [-0.1, -0.05) is 40.2 Å². The molecular weight excluding hydrogens is 687 g/mol. The van der Waals surface area contributed by atoms with E-state index in [2.05, 4.69) is 46.4 Å². The number of ether oxygens (including phenoxy) is 2. The van der Waals surface area contributed by atoms with E-state index in [0.717, 1.165) is 48.5 Å². The molecule has 0 fully saturated rings. The standard InChI is InChI=1S/C31H50BrFN4O4S3/c1-8-12-19-42(38)36-31(5,30-29(33)27(21-28(32)35-30)43(9-2,10-3)11-4)23-44(39)34-17-13-14-18-37(44)22-24-15-16-25(40-6)20-26(24)41-7/h15-16,20-21,36H,8-14,17-19,22-23H2,1-7H3/t31-,42?,44?/m0/s1. The average Bonchev–Trinajstić information content (AvgIpc) is 3.19. The Morgan fingerprint density at radius 1 is 1.16 bits per heavy atom. The van der Waals surface area contributed by atoms with Crippen molar-refractivity contribution in [2.24, 2.45) is 4.36 Å². The van der Waals surface area contributed by atoms with Crippen LogP contribution in [0.1, 0.15) is 71.6 Å². The molecule has 0 saturated heterocycles. The second-order valence-electron chi connectivity index (χ2n) is 11.2. The lowest BCUT2D eigenvalue weighted by Gasteiger charge is -2.40. The van der Waals surface area contributed by atoms with Gasteiger partial charge in [0.15, 0.2) is 5.82 Å². The van der Waals surface area contributed by atoms with Crippen LogP contribution >= 0.6 is 26.0 Å². The lowest BCUT2D eigenvalue weighted by atomic mass is 10.0. The van der Waals surface area contributed by atoms with Gasteiger partial charge in [-0.25, -0.2) is 32.3 Å². The van der Waals surface area contributed by atoms with E-state index in [1.54, 1.807) is 33.3 Å². The van der Waals surface area contributed by atoms with Crippen molar-refractivity contribution in [2.75, 3.05) is 56.1 Å². The summed E-state index contributed by atoms with van der Waals surface area (Å²) in [6, 6.07) is 7.37. The maximum atomic E-state index is 16.9. The maximum Gasteiger partial charge on any atom is 0.158 e. The number of rotatable bonds is 16. The van der Waals surface area contributed by atoms with Gasteiger partial charge in [0.2, 0.25) is 0 Å². The normalized spacial score (nSPS) is 20.3. The van der Waals surface area contributed by atoms with Gasteiger partial charge in [0.05, 0.1) is 20.0 Å². The predicted octanol–water partition coefficient (Wildman–Crippen LogP) is 7.17. The first-order valence-electron chi connectivity index (χ1n) is 15.4. The molecule has 1 aliphatic heterocycles. The van der Waals surface area contributed by atoms with E-state index in [1.165, 1.54) is 0 Å². The van der Waals surface area contributed by atoms with E-state index >= 15 is 8.60 Å². The number of halogens is 2. The Kier molecular flexibility index (Phi) is 14.1. The summed E-state index contributed by atoms with van der Waals surface area (Å²) in [7, 11) is -1.38. The highest BCUT2D eigenvalue weighted by molar-refractivity contribution is 9.10. The minimum absolute atomic E-state index is 0.0805. The first-order chi connectivity index (χ1) is 20.9. The highest BCUT2D eigenvalue weighted by atomic mass is 79.9. The maximum absolute atomic E-state index is 16.9. The Hall–Kier alpha value is -1.09. The zero-order valence-corrected chi connectivity index (χ0v) is 31.3. The van der Waals surface area contributed by atoms with Crippen LogP contribution in [0.4, 0.5) is 4.39 Å². The molecule has 2 aromatic rings. The first-order valence-corrected chi connectivity index (χ1v) is 21.3. The number of unbranched alkanes of at least 4 members (excludes halogenated alkanes) is 1. The molecule has 2 unspecified atom stereocenters. The smallest absolute Gasteiger partial charge is 0.158 e. The summed E-state index contributed by atoms with van der Waals surface area (Å²) >= 11 is 2.06. The average molecular weight is 738 g/mol. The molecule has 44 heavy (non-hydrogen) atoms. The number of nitrogens with zero attached hydrogens (tertiary/aromatic N) is 3. The summed E-state index contributed by atoms with van der Waals surface area (Å²) in [6.07, 6.45) is 3.22. The largest absolute Gasteiger partial charge is 0.598 e. The highest BCUT2D eigenvalue weighted by Crippen LogP contribution is 2.57. The van der Waals surface area contributed by atoms with Crippen molar-refractivity contribution < 1.29 is 22.6 Å². The van der Waals surface area contributed by atoms with Crippen LogP contribution < -0.4 is 14.2 Å². The van der Waals surface area contributed by atoms with Crippen molar-refractivity contribution in [2.45, 2.75) is 77.3 Å². The molecule has 0 spiro atoms. The monoisotopic (exact) mass is 736 g/mol. The Morgan fingerprint density at radius 3 is 2.48 bits per heavy atom. The van der Waals surface area contributed by atoms with Gasteiger partial charge in [0, 0.05) is 47.5 Å². The number of pyridine rings is 1. The van der Waals surface area contributed by atoms with E-state index in [-0.39, 0.29) is 11.4 Å². The quantitative estimate of drug-likeness (QED) is 0.145. The second-order valence-corrected chi connectivity index (χ2v) is 19.9. The Bertz CT molecular complexity index is 1370. The molecule has 250 valence electrons. The van der Waals surface area contributed by atoms with Gasteiger partial charge in [-0.15, -0.1) is 4.72 Å². The summed E-state index contributed by atoms with van der Waals surface area (Å²) in [5.41, 5.74) is -0.368. The minimum Gasteiger partial charge on any atom is -0.598 e. The third kappa shape index (κ3) is 8.63. The fourth-order valence-electron chi connectivity index (χ4n) is 5.66. The second kappa shape index (κ2) is 16.6. The third-order valence-electron chi connectivity index (χ3n) is 8.39. The molecule has 8 nitrogen and oxygen atoms in total. The topological polar surface area (TPSA) is 99.1 Å². The molecule has 0 saturated carbocycles. The molecular formula is C31H50BrFN4O4S3. The van der Waals surface area contributed by atoms with Gasteiger partial charge in [-0.3, -0.25) is 0 Å². The number of hydrogen-bond donors (Lipinski definition) is 1. The van der Waals surface area contributed by atoms with Gasteiger partial charge < -0.3 is 14.0 Å². The number of nitrogens with one attached hydrogen (secondary N) is 1. The summed E-state index contributed by atoms with van der Waals surface area (Å²) < 4.78 is 66.9. The van der Waals surface area contributed by atoms with Crippen molar-refractivity contribution in [3.05, 3.63) is 45.9 Å². The van der Waals surface area contributed by atoms with Gasteiger partial charge in [-0.2, -0.15) is 0 Å². The molecule has 0 aliphatic carbocycles. The molecule has 0 radical (unpaired) electrons. The van der Waals surface area contributed by atoms with Crippen LogP contribution in [0, 0.1) is 5.82 Å². The summed E-state index contributed by atoms with van der Waals surface area (Å²) in [6.45, 7) is 11.4. The Morgan fingerprint density at radius 2 is 1.86 bits per heavy atom. The van der Waals surface area contributed by atoms with Crippen LogP contribution in [-0.4, -0.2) is 74.1 Å². The van der Waals surface area contributed by atoms with Crippen molar-refractivity contribution in [3.8, 4) is 11.5 Å². The molecule has 1 aliphatic rings. The number of aromatic nitrogens is 1. The predicted molar refractivity (Wildman–Crippen MR) is 187 cm³/mol. The fourth-order valence-corrected chi connectivity index (χ4v) is 13.2. The Balaban J connectivity index is 2.18. The summed E-state index contributed by atoms with van der Waals surface area (Å²) in [5.74, 6) is 3.70. The third-order valence-corrected chi connectivity index (χ3v) is 17.3. The molecule has 1 aromatic heterocycles. The SMILES string of the molecule is CCCC[S+]([O-])N[C@@](C)(CS1(=O)=NCCCCN1Cc1ccc(OC)cc1OC)c1nc(Br)cc(S(CC)(CC)CC)c1F. The molecule has 2 heterocycles. The van der Waals surface area contributed by atoms with E-state index in [4.69, 9.17) is 13.8 Å². The first kappa shape index (κ1) is 37.4. The lowest BCUT2D eigenvalue weighted by molar-refractivity contribution is 0.373. The molecule has 1 N–H and O–H groups in total. The van der Waals surface area contributed by atoms with E-state index in [1.807, 2.05) is 23.4 Å². The zero-order chi connectivity index (χ0) is 32.5. The van der Waals surface area contributed by atoms with Crippen LogP contribution in [0.3, 0.4) is 0 Å². The molecule has 13 heteroatoms. The number of methoxy groups -OCH3 is 2. The van der Waals surface area contributed by atoms with Crippen LogP contribution in [0.2, 0.25) is 0 Å². The molecule has 1 aromatic carbocycles. The molecule has 0 bridgehead atoms. The van der Waals surface area contributed by atoms with Crippen molar-refractivity contribution in [3.63, 3.8) is 0 Å². The van der Waals surface area contributed by atoms with Gasteiger partial charge >= 0.3 is 0 Å². The molecule has 0 amide bonds. The zero-order valence-electron chi connectivity index (χ0n) is 27.2. The van der Waals surface area contributed by atoms with Crippen LogP contribution in [0.5, 0.6) is 11.5 Å². The van der Waals surface area contributed by atoms with E-state index < -0.39 is 42.7 Å². The molecule has 3 atom stereocenters. The lowest BCUT2D eigenvalue weighted by Crippen LogP contribution is -2.52.